The van der Waals surface area contributed by atoms with Crippen molar-refractivity contribution in [2.45, 2.75) is 0 Å². The van der Waals surface area contributed by atoms with Crippen molar-refractivity contribution in [3.8, 4) is 23.7 Å². The van der Waals surface area contributed by atoms with E-state index in [1.54, 1.807) is 12.4 Å². The van der Waals surface area contributed by atoms with Crippen molar-refractivity contribution in [3.05, 3.63) is 90.3 Å². The average Bonchev–Trinajstić information content (AvgIpc) is 2.65. The zero-order valence-electron chi connectivity index (χ0n) is 13.0. The van der Waals surface area contributed by atoms with E-state index in [1.807, 2.05) is 24.3 Å². The van der Waals surface area contributed by atoms with E-state index in [9.17, 15) is 0 Å². The lowest BCUT2D eigenvalue weighted by Gasteiger charge is -2.06. The summed E-state index contributed by atoms with van der Waals surface area (Å²) >= 11 is 0. The normalized spacial score (nSPS) is 9.83. The van der Waals surface area contributed by atoms with Crippen LogP contribution in [0.1, 0.15) is 11.1 Å². The second-order valence-corrected chi connectivity index (χ2v) is 5.43. The van der Waals surface area contributed by atoms with Gasteiger partial charge < -0.3 is 0 Å². The minimum atomic E-state index is 0.919. The summed E-state index contributed by atoms with van der Waals surface area (Å²) in [5.41, 5.74) is 1.95. The predicted molar refractivity (Wildman–Crippen MR) is 99.4 cm³/mol. The molecular formula is C23H13N. The molecule has 0 amide bonds. The van der Waals surface area contributed by atoms with Crippen LogP contribution >= 0.6 is 0 Å². The van der Waals surface area contributed by atoms with E-state index < -0.39 is 0 Å². The number of benzene rings is 3. The second-order valence-electron chi connectivity index (χ2n) is 5.43. The van der Waals surface area contributed by atoms with Crippen LogP contribution in [0.15, 0.2) is 79.1 Å². The molecule has 0 unspecified atom stereocenters. The van der Waals surface area contributed by atoms with Crippen LogP contribution in [0, 0.1) is 23.7 Å². The number of nitrogens with zero attached hydrogens (tertiary/aromatic N) is 1. The SMILES string of the molecule is C(C#Cc1c2ccccc2cc2ccccc12)#Cc1ccncc1. The highest BCUT2D eigenvalue weighted by molar-refractivity contribution is 6.04. The minimum Gasteiger partial charge on any atom is -0.265 e. The van der Waals surface area contributed by atoms with E-state index in [4.69, 9.17) is 0 Å². The Morgan fingerprint density at radius 1 is 0.625 bits per heavy atom. The zero-order chi connectivity index (χ0) is 16.2. The van der Waals surface area contributed by atoms with Gasteiger partial charge in [0.1, 0.15) is 0 Å². The Labute approximate surface area is 141 Å². The Bertz CT molecular complexity index is 1100. The first kappa shape index (κ1) is 14.1. The summed E-state index contributed by atoms with van der Waals surface area (Å²) in [6.45, 7) is 0. The molecule has 0 N–H and O–H groups in total. The number of fused-ring (bicyclic) bond motifs is 2. The first-order valence-corrected chi connectivity index (χ1v) is 7.74. The van der Waals surface area contributed by atoms with E-state index in [1.165, 1.54) is 10.8 Å². The van der Waals surface area contributed by atoms with Crippen LogP contribution in [0.2, 0.25) is 0 Å². The van der Waals surface area contributed by atoms with Gasteiger partial charge in [-0.1, -0.05) is 60.4 Å². The maximum atomic E-state index is 3.99. The predicted octanol–water partition coefficient (Wildman–Crippen LogP) is 4.79. The fourth-order valence-electron chi connectivity index (χ4n) is 2.78. The molecule has 110 valence electrons. The van der Waals surface area contributed by atoms with Crippen LogP contribution in [0.3, 0.4) is 0 Å². The Morgan fingerprint density at radius 2 is 1.21 bits per heavy atom. The van der Waals surface area contributed by atoms with E-state index >= 15 is 0 Å². The maximum Gasteiger partial charge on any atom is 0.0412 e. The fourth-order valence-corrected chi connectivity index (χ4v) is 2.78. The molecule has 0 fully saturated rings. The molecule has 1 heteroatoms. The topological polar surface area (TPSA) is 12.9 Å². The van der Waals surface area contributed by atoms with Gasteiger partial charge >= 0.3 is 0 Å². The highest BCUT2D eigenvalue weighted by atomic mass is 14.6. The molecule has 0 spiro atoms. The molecule has 1 nitrogen and oxygen atoms in total. The Balaban J connectivity index is 1.87. The third kappa shape index (κ3) is 2.72. The van der Waals surface area contributed by atoms with Crippen molar-refractivity contribution in [3.63, 3.8) is 0 Å². The van der Waals surface area contributed by atoms with Gasteiger partial charge in [0.05, 0.1) is 0 Å². The third-order valence-corrected chi connectivity index (χ3v) is 3.91. The van der Waals surface area contributed by atoms with Gasteiger partial charge in [-0.15, -0.1) is 0 Å². The molecule has 0 aliphatic carbocycles. The van der Waals surface area contributed by atoms with Crippen molar-refractivity contribution in [1.82, 2.24) is 4.98 Å². The highest BCUT2D eigenvalue weighted by Crippen LogP contribution is 2.27. The van der Waals surface area contributed by atoms with E-state index in [0.717, 1.165) is 21.9 Å². The molecule has 4 rings (SSSR count). The number of pyridine rings is 1. The third-order valence-electron chi connectivity index (χ3n) is 3.91. The molecule has 1 aromatic heterocycles. The largest absolute Gasteiger partial charge is 0.265 e. The summed E-state index contributed by atoms with van der Waals surface area (Å²) in [6.07, 6.45) is 3.46. The lowest BCUT2D eigenvalue weighted by molar-refractivity contribution is 1.32. The van der Waals surface area contributed by atoms with Crippen molar-refractivity contribution in [2.24, 2.45) is 0 Å². The van der Waals surface area contributed by atoms with E-state index in [2.05, 4.69) is 71.1 Å². The van der Waals surface area contributed by atoms with Crippen LogP contribution < -0.4 is 0 Å². The van der Waals surface area contributed by atoms with Crippen molar-refractivity contribution < 1.29 is 0 Å². The number of hydrogen-bond donors (Lipinski definition) is 0. The molecular weight excluding hydrogens is 290 g/mol. The lowest BCUT2D eigenvalue weighted by atomic mass is 9.97. The molecule has 1 heterocycles. The Hall–Kier alpha value is -3.55. The van der Waals surface area contributed by atoms with Crippen LogP contribution in [-0.4, -0.2) is 4.98 Å². The van der Waals surface area contributed by atoms with Gasteiger partial charge in [-0.05, 0) is 51.6 Å². The summed E-state index contributed by atoms with van der Waals surface area (Å²) in [6, 6.07) is 22.6. The first-order chi connectivity index (χ1) is 11.9. The maximum absolute atomic E-state index is 3.99. The van der Waals surface area contributed by atoms with Crippen LogP contribution in [0.4, 0.5) is 0 Å². The van der Waals surface area contributed by atoms with Gasteiger partial charge in [0.25, 0.3) is 0 Å². The van der Waals surface area contributed by atoms with Gasteiger partial charge in [-0.3, -0.25) is 4.98 Å². The van der Waals surface area contributed by atoms with Gasteiger partial charge in [0.15, 0.2) is 0 Å². The monoisotopic (exact) mass is 303 g/mol. The minimum absolute atomic E-state index is 0.919. The van der Waals surface area contributed by atoms with Crippen LogP contribution in [0.25, 0.3) is 21.5 Å². The number of aromatic nitrogens is 1. The molecule has 0 aliphatic rings. The summed E-state index contributed by atoms with van der Waals surface area (Å²) < 4.78 is 0. The summed E-state index contributed by atoms with van der Waals surface area (Å²) in [5, 5.41) is 4.72. The number of rotatable bonds is 0. The first-order valence-electron chi connectivity index (χ1n) is 7.74. The molecule has 0 radical (unpaired) electrons. The van der Waals surface area contributed by atoms with Crippen LogP contribution in [-0.2, 0) is 0 Å². The molecule has 3 aromatic carbocycles. The second kappa shape index (κ2) is 6.29. The van der Waals surface area contributed by atoms with Gasteiger partial charge in [-0.2, -0.15) is 0 Å². The molecule has 0 saturated heterocycles. The zero-order valence-corrected chi connectivity index (χ0v) is 13.0. The Kier molecular flexibility index (Phi) is 3.69. The quantitative estimate of drug-likeness (QED) is 0.336. The highest BCUT2D eigenvalue weighted by Gasteiger charge is 2.04. The molecule has 0 saturated carbocycles. The van der Waals surface area contributed by atoms with E-state index in [0.29, 0.717) is 0 Å². The molecule has 0 aliphatic heterocycles. The Morgan fingerprint density at radius 3 is 1.88 bits per heavy atom. The standard InChI is InChI=1S/C23H13N/c1(7-18-13-15-24-16-14-18)4-12-23-21-10-5-2-8-19(21)17-20-9-3-6-11-22(20)23/h2-3,5-6,8-11,13-17H. The van der Waals surface area contributed by atoms with Crippen molar-refractivity contribution in [1.29, 1.82) is 0 Å². The van der Waals surface area contributed by atoms with E-state index in [-0.39, 0.29) is 0 Å². The summed E-state index contributed by atoms with van der Waals surface area (Å²) in [5.74, 6) is 12.3. The van der Waals surface area contributed by atoms with Gasteiger partial charge in [0.2, 0.25) is 0 Å². The lowest BCUT2D eigenvalue weighted by Crippen LogP contribution is -1.84. The number of hydrogen-bond acceptors (Lipinski definition) is 1. The summed E-state index contributed by atoms with van der Waals surface area (Å²) in [7, 11) is 0. The molecule has 4 aromatic rings. The fraction of sp³-hybridized carbons (Fsp3) is 0. The van der Waals surface area contributed by atoms with Crippen molar-refractivity contribution in [2.75, 3.05) is 0 Å². The van der Waals surface area contributed by atoms with Crippen molar-refractivity contribution >= 4 is 21.5 Å². The average molecular weight is 303 g/mol. The molecule has 24 heavy (non-hydrogen) atoms. The van der Waals surface area contributed by atoms with Gasteiger partial charge in [-0.25, -0.2) is 0 Å². The smallest absolute Gasteiger partial charge is 0.0412 e. The van der Waals surface area contributed by atoms with Crippen LogP contribution in [0.5, 0.6) is 0 Å². The molecule has 0 atom stereocenters. The summed E-state index contributed by atoms with van der Waals surface area (Å²) in [4.78, 5) is 3.99. The van der Waals surface area contributed by atoms with Gasteiger partial charge in [0, 0.05) is 23.5 Å². The molecule has 0 bridgehead atoms.